The third kappa shape index (κ3) is 2.80. The van der Waals surface area contributed by atoms with Crippen molar-refractivity contribution in [3.05, 3.63) is 88.0 Å². The standard InChI is InChI=1S/C24H23N3O/c28-23-21-22(25-17-27(23)26-16-18-9-3-1-4-10-18)20-12-6-5-11-19(20)15-24(21)13-7-2-8-14-24/h1,3-6,9-12,16-17H,2,7-8,13-15H2/b26-16+. The van der Waals surface area contributed by atoms with Gasteiger partial charge in [0.25, 0.3) is 5.56 Å². The molecule has 1 spiro atoms. The van der Waals surface area contributed by atoms with Gasteiger partial charge in [-0.15, -0.1) is 0 Å². The molecule has 1 saturated carbocycles. The lowest BCUT2D eigenvalue weighted by Crippen LogP contribution is -2.42. The maximum atomic E-state index is 13.5. The van der Waals surface area contributed by atoms with Crippen molar-refractivity contribution >= 4 is 6.21 Å². The predicted octanol–water partition coefficient (Wildman–Crippen LogP) is 4.55. The summed E-state index contributed by atoms with van der Waals surface area (Å²) in [4.78, 5) is 18.3. The van der Waals surface area contributed by atoms with Crippen molar-refractivity contribution < 1.29 is 0 Å². The fourth-order valence-electron chi connectivity index (χ4n) is 4.89. The van der Waals surface area contributed by atoms with Gasteiger partial charge in [-0.05, 0) is 30.4 Å². The van der Waals surface area contributed by atoms with Crippen molar-refractivity contribution in [2.45, 2.75) is 43.9 Å². The van der Waals surface area contributed by atoms with Crippen LogP contribution in [0.15, 0.2) is 70.8 Å². The number of benzene rings is 2. The Hall–Kier alpha value is -3.01. The first-order valence-electron chi connectivity index (χ1n) is 10.1. The first-order valence-corrected chi connectivity index (χ1v) is 10.1. The van der Waals surface area contributed by atoms with E-state index in [0.717, 1.165) is 41.6 Å². The molecule has 5 rings (SSSR count). The Kier molecular flexibility index (Phi) is 4.19. The molecule has 0 aliphatic heterocycles. The van der Waals surface area contributed by atoms with Crippen LogP contribution in [0.2, 0.25) is 0 Å². The minimum atomic E-state index is -0.0999. The van der Waals surface area contributed by atoms with E-state index in [1.54, 1.807) is 12.5 Å². The first kappa shape index (κ1) is 17.1. The van der Waals surface area contributed by atoms with Crippen LogP contribution in [-0.4, -0.2) is 15.9 Å². The number of hydrogen-bond acceptors (Lipinski definition) is 3. The molecule has 1 fully saturated rings. The minimum Gasteiger partial charge on any atom is -0.267 e. The average Bonchev–Trinajstić information content (AvgIpc) is 2.74. The Balaban J connectivity index is 1.67. The van der Waals surface area contributed by atoms with Gasteiger partial charge in [-0.1, -0.05) is 73.9 Å². The zero-order chi connectivity index (χ0) is 19.0. The quantitative estimate of drug-likeness (QED) is 0.622. The number of fused-ring (bicyclic) bond motifs is 4. The molecule has 140 valence electrons. The molecule has 1 heterocycles. The molecule has 0 amide bonds. The third-order valence-electron chi connectivity index (χ3n) is 6.23. The summed E-state index contributed by atoms with van der Waals surface area (Å²) < 4.78 is 1.41. The number of hydrogen-bond donors (Lipinski definition) is 0. The summed E-state index contributed by atoms with van der Waals surface area (Å²) in [6.07, 6.45) is 9.92. The van der Waals surface area contributed by atoms with Gasteiger partial charge in [0.1, 0.15) is 6.33 Å². The molecule has 0 saturated heterocycles. The molecule has 0 N–H and O–H groups in total. The zero-order valence-corrected chi connectivity index (χ0v) is 15.8. The van der Waals surface area contributed by atoms with E-state index in [-0.39, 0.29) is 11.0 Å². The monoisotopic (exact) mass is 369 g/mol. The molecule has 1 aromatic heterocycles. The van der Waals surface area contributed by atoms with E-state index in [4.69, 9.17) is 4.98 Å². The summed E-state index contributed by atoms with van der Waals surface area (Å²) in [5.74, 6) is 0. The van der Waals surface area contributed by atoms with Gasteiger partial charge in [0, 0.05) is 11.0 Å². The fraction of sp³-hybridized carbons (Fsp3) is 0.292. The minimum absolute atomic E-state index is 0.0198. The van der Waals surface area contributed by atoms with E-state index in [1.807, 2.05) is 36.4 Å². The highest BCUT2D eigenvalue weighted by molar-refractivity contribution is 5.79. The summed E-state index contributed by atoms with van der Waals surface area (Å²) in [6, 6.07) is 18.2. The lowest BCUT2D eigenvalue weighted by Gasteiger charge is -2.41. The highest BCUT2D eigenvalue weighted by Crippen LogP contribution is 2.48. The summed E-state index contributed by atoms with van der Waals surface area (Å²) in [6.45, 7) is 0. The SMILES string of the molecule is O=c1c2c(ncn1/N=C/c1ccccc1)-c1ccccc1CC21CCCCC1. The topological polar surface area (TPSA) is 47.2 Å². The van der Waals surface area contributed by atoms with Crippen molar-refractivity contribution in [1.82, 2.24) is 9.66 Å². The number of rotatable bonds is 2. The zero-order valence-electron chi connectivity index (χ0n) is 15.8. The Morgan fingerprint density at radius 2 is 1.71 bits per heavy atom. The molecule has 2 aliphatic rings. The summed E-state index contributed by atoms with van der Waals surface area (Å²) in [7, 11) is 0. The molecular formula is C24H23N3O. The van der Waals surface area contributed by atoms with Gasteiger partial charge in [0.2, 0.25) is 0 Å². The van der Waals surface area contributed by atoms with Crippen molar-refractivity contribution in [3.8, 4) is 11.3 Å². The van der Waals surface area contributed by atoms with Crippen molar-refractivity contribution in [2.75, 3.05) is 0 Å². The molecule has 4 heteroatoms. The van der Waals surface area contributed by atoms with Crippen molar-refractivity contribution in [3.63, 3.8) is 0 Å². The van der Waals surface area contributed by atoms with E-state index < -0.39 is 0 Å². The van der Waals surface area contributed by atoms with Crippen LogP contribution < -0.4 is 5.56 Å². The smallest absolute Gasteiger partial charge is 0.267 e. The predicted molar refractivity (Wildman–Crippen MR) is 112 cm³/mol. The van der Waals surface area contributed by atoms with Gasteiger partial charge in [-0.25, -0.2) is 4.98 Å². The molecule has 2 aromatic carbocycles. The van der Waals surface area contributed by atoms with Gasteiger partial charge < -0.3 is 0 Å². The van der Waals surface area contributed by atoms with Gasteiger partial charge in [0.15, 0.2) is 0 Å². The Labute approximate surface area is 164 Å². The van der Waals surface area contributed by atoms with E-state index in [0.29, 0.717) is 0 Å². The summed E-state index contributed by atoms with van der Waals surface area (Å²) >= 11 is 0. The molecule has 4 nitrogen and oxygen atoms in total. The lowest BCUT2D eigenvalue weighted by atomic mass is 9.62. The van der Waals surface area contributed by atoms with Crippen molar-refractivity contribution in [1.29, 1.82) is 0 Å². The molecule has 0 unspecified atom stereocenters. The van der Waals surface area contributed by atoms with E-state index in [9.17, 15) is 4.79 Å². The Bertz CT molecular complexity index is 1090. The Morgan fingerprint density at radius 1 is 0.964 bits per heavy atom. The van der Waals surface area contributed by atoms with Crippen LogP contribution in [0.1, 0.15) is 48.8 Å². The van der Waals surface area contributed by atoms with Crippen LogP contribution in [0.3, 0.4) is 0 Å². The number of aromatic nitrogens is 2. The Morgan fingerprint density at radius 3 is 2.54 bits per heavy atom. The molecule has 0 bridgehead atoms. The van der Waals surface area contributed by atoms with Crippen LogP contribution in [0.25, 0.3) is 11.3 Å². The van der Waals surface area contributed by atoms with Crippen molar-refractivity contribution in [2.24, 2.45) is 5.10 Å². The van der Waals surface area contributed by atoms with Gasteiger partial charge in [0.05, 0.1) is 17.5 Å². The summed E-state index contributed by atoms with van der Waals surface area (Å²) in [5.41, 5.74) is 4.99. The highest BCUT2D eigenvalue weighted by Gasteiger charge is 2.42. The van der Waals surface area contributed by atoms with Gasteiger partial charge >= 0.3 is 0 Å². The molecule has 28 heavy (non-hydrogen) atoms. The first-order chi connectivity index (χ1) is 13.8. The van der Waals surface area contributed by atoms with E-state index >= 15 is 0 Å². The normalized spacial score (nSPS) is 17.4. The highest BCUT2D eigenvalue weighted by atomic mass is 16.1. The maximum absolute atomic E-state index is 13.5. The molecule has 0 atom stereocenters. The molecular weight excluding hydrogens is 346 g/mol. The second-order valence-corrected chi connectivity index (χ2v) is 7.95. The largest absolute Gasteiger partial charge is 0.278 e. The summed E-state index contributed by atoms with van der Waals surface area (Å²) in [5, 5.41) is 4.43. The number of nitrogens with zero attached hydrogens (tertiary/aromatic N) is 3. The van der Waals surface area contributed by atoms with Crippen LogP contribution in [0.5, 0.6) is 0 Å². The fourth-order valence-corrected chi connectivity index (χ4v) is 4.89. The van der Waals surface area contributed by atoms with Gasteiger partial charge in [-0.3, -0.25) is 4.79 Å². The molecule has 2 aliphatic carbocycles. The van der Waals surface area contributed by atoms with Crippen LogP contribution in [0, 0.1) is 0 Å². The maximum Gasteiger partial charge on any atom is 0.278 e. The van der Waals surface area contributed by atoms with Crippen LogP contribution in [-0.2, 0) is 11.8 Å². The average molecular weight is 369 g/mol. The molecule has 3 aromatic rings. The van der Waals surface area contributed by atoms with Crippen LogP contribution >= 0.6 is 0 Å². The molecule has 0 radical (unpaired) electrons. The second kappa shape index (κ2) is 6.86. The van der Waals surface area contributed by atoms with E-state index in [2.05, 4.69) is 23.3 Å². The van der Waals surface area contributed by atoms with Gasteiger partial charge in [-0.2, -0.15) is 9.78 Å². The van der Waals surface area contributed by atoms with E-state index in [1.165, 1.54) is 29.5 Å². The third-order valence-corrected chi connectivity index (χ3v) is 6.23. The lowest BCUT2D eigenvalue weighted by molar-refractivity contribution is 0.283. The second-order valence-electron chi connectivity index (χ2n) is 7.95. The van der Waals surface area contributed by atoms with Crippen LogP contribution in [0.4, 0.5) is 0 Å².